The van der Waals surface area contributed by atoms with Gasteiger partial charge in [0.1, 0.15) is 0 Å². The molecule has 0 unspecified atom stereocenters. The Morgan fingerprint density at radius 2 is 1.60 bits per heavy atom. The van der Waals surface area contributed by atoms with E-state index in [9.17, 15) is 4.79 Å². The number of thiophene rings is 1. The molecule has 4 heterocycles. The minimum atomic E-state index is -0.397. The number of carbonyl (C=O) groups is 1. The van der Waals surface area contributed by atoms with E-state index in [1.807, 2.05) is 20.2 Å². The fourth-order valence-electron chi connectivity index (χ4n) is 4.64. The Bertz CT molecular complexity index is 870. The number of aromatic nitrogens is 2. The van der Waals surface area contributed by atoms with Crippen molar-refractivity contribution in [2.24, 2.45) is 17.6 Å². The van der Waals surface area contributed by atoms with Gasteiger partial charge in [0.05, 0.1) is 15.1 Å². The fourth-order valence-corrected chi connectivity index (χ4v) is 5.61. The first-order valence-electron chi connectivity index (χ1n) is 11.0. The molecule has 0 aromatic carbocycles. The highest BCUT2D eigenvalue weighted by Gasteiger charge is 2.26. The summed E-state index contributed by atoms with van der Waals surface area (Å²) in [5, 5.41) is 6.59. The van der Waals surface area contributed by atoms with E-state index in [2.05, 4.69) is 20.4 Å². The topological polar surface area (TPSA) is 99.4 Å². The second-order valence-electron chi connectivity index (χ2n) is 8.51. The number of nitrogens with one attached hydrogen (secondary N) is 2. The monoisotopic (exact) mass is 431 g/mol. The van der Waals surface area contributed by atoms with Crippen molar-refractivity contribution in [2.45, 2.75) is 25.7 Å². The molecular formula is C21H33N7OS. The normalized spacial score (nSPS) is 19.0. The van der Waals surface area contributed by atoms with Crippen molar-refractivity contribution in [2.75, 3.05) is 63.2 Å². The van der Waals surface area contributed by atoms with Gasteiger partial charge < -0.3 is 26.2 Å². The van der Waals surface area contributed by atoms with Gasteiger partial charge >= 0.3 is 0 Å². The minimum Gasteiger partial charge on any atom is -0.365 e. The molecule has 2 fully saturated rings. The molecule has 164 valence electrons. The molecule has 9 heteroatoms. The molecule has 2 aromatic rings. The van der Waals surface area contributed by atoms with E-state index in [1.54, 1.807) is 0 Å². The van der Waals surface area contributed by atoms with Gasteiger partial charge in [0.25, 0.3) is 5.91 Å². The summed E-state index contributed by atoms with van der Waals surface area (Å²) in [5.41, 5.74) is 6.41. The van der Waals surface area contributed by atoms with E-state index in [0.717, 1.165) is 86.9 Å². The third-order valence-corrected chi connectivity index (χ3v) is 7.52. The van der Waals surface area contributed by atoms with Crippen LogP contribution in [0.25, 0.3) is 10.2 Å². The van der Waals surface area contributed by atoms with Crippen molar-refractivity contribution in [3.05, 3.63) is 10.9 Å². The molecule has 8 nitrogen and oxygen atoms in total. The molecule has 0 saturated carbocycles. The quantitative estimate of drug-likeness (QED) is 0.613. The van der Waals surface area contributed by atoms with Gasteiger partial charge in [-0.3, -0.25) is 4.79 Å². The highest BCUT2D eigenvalue weighted by Crippen LogP contribution is 2.36. The number of rotatable bonds is 7. The molecule has 4 N–H and O–H groups in total. The SMILES string of the molecule is CNCC1CCN(c2nc(N3CCC(CNC)CC3)c3sc(C(N)=O)cc3n2)CC1. The van der Waals surface area contributed by atoms with E-state index in [-0.39, 0.29) is 0 Å². The van der Waals surface area contributed by atoms with Crippen LogP contribution in [0.5, 0.6) is 0 Å². The standard InChI is InChI=1S/C21H33N7OS/c1-23-12-14-3-7-27(8-4-14)20-18-16(11-17(30-18)19(22)29)25-21(26-20)28-9-5-15(6-10-28)13-24-2/h11,14-15,23-24H,3-10,12-13H2,1-2H3,(H2,22,29). The second kappa shape index (κ2) is 9.45. The summed E-state index contributed by atoms with van der Waals surface area (Å²) in [5.74, 6) is 2.77. The number of nitrogens with zero attached hydrogens (tertiary/aromatic N) is 4. The second-order valence-corrected chi connectivity index (χ2v) is 9.56. The van der Waals surface area contributed by atoms with Crippen molar-refractivity contribution in [1.29, 1.82) is 0 Å². The number of primary amides is 1. The van der Waals surface area contributed by atoms with Crippen LogP contribution in [0.1, 0.15) is 35.4 Å². The summed E-state index contributed by atoms with van der Waals surface area (Å²) in [7, 11) is 4.03. The number of hydrogen-bond acceptors (Lipinski definition) is 8. The van der Waals surface area contributed by atoms with Gasteiger partial charge in [-0.25, -0.2) is 4.98 Å². The van der Waals surface area contributed by atoms with Gasteiger partial charge in [-0.2, -0.15) is 4.98 Å². The third kappa shape index (κ3) is 4.53. The Balaban J connectivity index is 1.62. The van der Waals surface area contributed by atoms with Crippen molar-refractivity contribution < 1.29 is 4.79 Å². The van der Waals surface area contributed by atoms with Crippen LogP contribution in [-0.4, -0.2) is 69.2 Å². The van der Waals surface area contributed by atoms with Gasteiger partial charge in [0.15, 0.2) is 5.82 Å². The third-order valence-electron chi connectivity index (χ3n) is 6.38. The predicted octanol–water partition coefficient (Wildman–Crippen LogP) is 1.66. The van der Waals surface area contributed by atoms with Crippen molar-refractivity contribution in [1.82, 2.24) is 20.6 Å². The Hall–Kier alpha value is -1.97. The van der Waals surface area contributed by atoms with Crippen molar-refractivity contribution in [3.63, 3.8) is 0 Å². The van der Waals surface area contributed by atoms with E-state index in [4.69, 9.17) is 15.7 Å². The maximum Gasteiger partial charge on any atom is 0.258 e. The Kier molecular flexibility index (Phi) is 6.70. The molecule has 0 bridgehead atoms. The highest BCUT2D eigenvalue weighted by molar-refractivity contribution is 7.21. The van der Waals surface area contributed by atoms with Crippen molar-refractivity contribution >= 4 is 39.2 Å². The van der Waals surface area contributed by atoms with Gasteiger partial charge in [-0.1, -0.05) is 0 Å². The molecule has 2 aliphatic heterocycles. The molecule has 4 rings (SSSR count). The van der Waals surface area contributed by atoms with Crippen LogP contribution < -0.4 is 26.2 Å². The summed E-state index contributed by atoms with van der Waals surface area (Å²) in [4.78, 5) is 26.9. The first kappa shape index (κ1) is 21.3. The highest BCUT2D eigenvalue weighted by atomic mass is 32.1. The molecular weight excluding hydrogens is 398 g/mol. The fraction of sp³-hybridized carbons (Fsp3) is 0.667. The van der Waals surface area contributed by atoms with Crippen LogP contribution >= 0.6 is 11.3 Å². The van der Waals surface area contributed by atoms with Crippen LogP contribution in [0.4, 0.5) is 11.8 Å². The van der Waals surface area contributed by atoms with Crippen molar-refractivity contribution in [3.8, 4) is 0 Å². The van der Waals surface area contributed by atoms with Gasteiger partial charge in [0, 0.05) is 26.2 Å². The van der Waals surface area contributed by atoms with E-state index >= 15 is 0 Å². The molecule has 0 aliphatic carbocycles. The average molecular weight is 432 g/mol. The molecule has 2 aliphatic rings. The number of amides is 1. The number of anilines is 2. The first-order valence-corrected chi connectivity index (χ1v) is 11.8. The number of fused-ring (bicyclic) bond motifs is 1. The number of hydrogen-bond donors (Lipinski definition) is 3. The van der Waals surface area contributed by atoms with E-state index < -0.39 is 5.91 Å². The lowest BCUT2D eigenvalue weighted by Crippen LogP contribution is -2.39. The Labute approximate surface area is 182 Å². The molecule has 0 atom stereocenters. The van der Waals surface area contributed by atoms with Crippen LogP contribution in [0, 0.1) is 11.8 Å². The van der Waals surface area contributed by atoms with Crippen LogP contribution in [0.2, 0.25) is 0 Å². The summed E-state index contributed by atoms with van der Waals surface area (Å²) in [6.07, 6.45) is 4.57. The zero-order valence-electron chi connectivity index (χ0n) is 18.0. The van der Waals surface area contributed by atoms with E-state index in [0.29, 0.717) is 16.7 Å². The largest absolute Gasteiger partial charge is 0.365 e. The maximum absolute atomic E-state index is 11.8. The zero-order chi connectivity index (χ0) is 21.1. The predicted molar refractivity (Wildman–Crippen MR) is 124 cm³/mol. The molecule has 30 heavy (non-hydrogen) atoms. The van der Waals surface area contributed by atoms with E-state index in [1.165, 1.54) is 11.3 Å². The van der Waals surface area contributed by atoms with Crippen LogP contribution in [-0.2, 0) is 0 Å². The maximum atomic E-state index is 11.8. The summed E-state index contributed by atoms with van der Waals surface area (Å²) < 4.78 is 0.977. The Morgan fingerprint density at radius 3 is 2.13 bits per heavy atom. The zero-order valence-corrected chi connectivity index (χ0v) is 18.8. The van der Waals surface area contributed by atoms with Gasteiger partial charge in [0.2, 0.25) is 5.95 Å². The van der Waals surface area contributed by atoms with Crippen LogP contribution in [0.15, 0.2) is 6.07 Å². The Morgan fingerprint density at radius 1 is 1.03 bits per heavy atom. The summed E-state index contributed by atoms with van der Waals surface area (Å²) in [6.45, 7) is 6.01. The van der Waals surface area contributed by atoms with Gasteiger partial charge in [-0.15, -0.1) is 11.3 Å². The molecule has 0 radical (unpaired) electrons. The minimum absolute atomic E-state index is 0.397. The lowest BCUT2D eigenvalue weighted by molar-refractivity contribution is 0.100. The molecule has 2 saturated heterocycles. The van der Waals surface area contributed by atoms with Gasteiger partial charge in [-0.05, 0) is 70.8 Å². The molecule has 0 spiro atoms. The molecule has 2 aromatic heterocycles. The summed E-state index contributed by atoms with van der Waals surface area (Å²) in [6, 6.07) is 1.83. The number of nitrogens with two attached hydrogens (primary N) is 1. The van der Waals surface area contributed by atoms with Crippen LogP contribution in [0.3, 0.4) is 0 Å². The smallest absolute Gasteiger partial charge is 0.258 e. The lowest BCUT2D eigenvalue weighted by Gasteiger charge is -2.35. The first-order chi connectivity index (χ1) is 14.6. The molecule has 1 amide bonds. The summed E-state index contributed by atoms with van der Waals surface area (Å²) >= 11 is 1.42. The average Bonchev–Trinajstić information content (AvgIpc) is 3.19. The lowest BCUT2D eigenvalue weighted by atomic mass is 9.97. The number of piperidine rings is 2. The number of carbonyl (C=O) groups excluding carboxylic acids is 1.